The molecule has 0 radical (unpaired) electrons. The van der Waals surface area contributed by atoms with Gasteiger partial charge in [0.15, 0.2) is 5.69 Å². The van der Waals surface area contributed by atoms with Crippen LogP contribution < -0.4 is 0 Å². The molecule has 342 valence electrons. The molecule has 0 fully saturated rings. The van der Waals surface area contributed by atoms with E-state index in [1.165, 1.54) is 89.0 Å². The minimum atomic E-state index is -0.521. The molecule has 2 heterocycles. The lowest BCUT2D eigenvalue weighted by atomic mass is 9.70. The summed E-state index contributed by atoms with van der Waals surface area (Å²) in [5, 5.41) is 13.7. The molecule has 17 rings (SSSR count). The first kappa shape index (κ1) is 40.8. The molecule has 0 N–H and O–H groups in total. The Balaban J connectivity index is 1.02. The highest BCUT2D eigenvalue weighted by Crippen LogP contribution is 2.67. The Morgan fingerprint density at radius 1 is 0.360 bits per heavy atom. The van der Waals surface area contributed by atoms with Gasteiger partial charge in [-0.1, -0.05) is 200 Å². The quantitative estimate of drug-likeness (QED) is 0.128. The Hall–Kier alpha value is -9.78. The monoisotopic (exact) mass is 964 g/mol. The van der Waals surface area contributed by atoms with Crippen molar-refractivity contribution in [1.82, 2.24) is 9.97 Å². The molecule has 0 unspecified atom stereocenters. The molecule has 2 aromatic heterocycles. The maximum Gasteiger partial charge on any atom is 0.187 e. The first-order valence-electron chi connectivity index (χ1n) is 25.4. The Kier molecular flexibility index (Phi) is 7.86. The van der Waals surface area contributed by atoms with E-state index >= 15 is 0 Å². The molecule has 4 nitrogen and oxygen atoms in total. The number of rotatable bonds is 2. The van der Waals surface area contributed by atoms with Crippen LogP contribution in [0.3, 0.4) is 0 Å². The Morgan fingerprint density at radius 3 is 1.15 bits per heavy atom. The van der Waals surface area contributed by atoms with Gasteiger partial charge in [0.25, 0.3) is 0 Å². The second-order valence-electron chi connectivity index (χ2n) is 20.3. The SMILES string of the molecule is [C-]#[N+]c1ccc2c(c1)c1cc(C#N)ccc1c1nc3c(-c4cccc5c4-c4ccccc4C54c5ccccc5-c5ccccc54)sc(-c4cccc5c4-c4ccccc4C54c5ccccc5-c5ccccc54)c3nc21. The topological polar surface area (TPSA) is 53.9 Å². The summed E-state index contributed by atoms with van der Waals surface area (Å²) in [6.45, 7) is 8.01. The Bertz CT molecular complexity index is 4490. The summed E-state index contributed by atoms with van der Waals surface area (Å²) < 4.78 is 0. The number of hydrogen-bond donors (Lipinski definition) is 0. The van der Waals surface area contributed by atoms with E-state index < -0.39 is 10.8 Å². The Labute approximate surface area is 435 Å². The van der Waals surface area contributed by atoms with Gasteiger partial charge in [-0.15, -0.1) is 11.3 Å². The summed E-state index contributed by atoms with van der Waals surface area (Å²) in [6.07, 6.45) is 0. The van der Waals surface area contributed by atoms with Gasteiger partial charge in [0.1, 0.15) is 11.0 Å². The van der Waals surface area contributed by atoms with E-state index in [1.807, 2.05) is 36.4 Å². The number of fused-ring (bicyclic) bond motifs is 27. The van der Waals surface area contributed by atoms with E-state index in [1.54, 1.807) is 11.3 Å². The van der Waals surface area contributed by atoms with Crippen molar-refractivity contribution in [3.63, 3.8) is 0 Å². The van der Waals surface area contributed by atoms with Crippen LogP contribution in [0, 0.1) is 17.9 Å². The van der Waals surface area contributed by atoms with E-state index in [-0.39, 0.29) is 0 Å². The maximum atomic E-state index is 10.2. The van der Waals surface area contributed by atoms with Gasteiger partial charge >= 0.3 is 0 Å². The van der Waals surface area contributed by atoms with Crippen LogP contribution in [0.2, 0.25) is 0 Å². The summed E-state index contributed by atoms with van der Waals surface area (Å²) in [6, 6.07) is 81.8. The predicted octanol–water partition coefficient (Wildman–Crippen LogP) is 17.6. The minimum Gasteiger partial charge on any atom is -0.242 e. The second kappa shape index (κ2) is 14.5. The molecule has 5 heteroatoms. The van der Waals surface area contributed by atoms with Gasteiger partial charge in [-0.3, -0.25) is 0 Å². The molecular weight excluding hydrogens is 929 g/mol. The third-order valence-corrected chi connectivity index (χ3v) is 18.4. The van der Waals surface area contributed by atoms with Crippen molar-refractivity contribution in [1.29, 1.82) is 5.26 Å². The van der Waals surface area contributed by atoms with Crippen LogP contribution in [-0.4, -0.2) is 9.97 Å². The lowest BCUT2D eigenvalue weighted by Crippen LogP contribution is -2.25. The van der Waals surface area contributed by atoms with Crippen LogP contribution in [0.5, 0.6) is 0 Å². The van der Waals surface area contributed by atoms with Crippen LogP contribution in [0.25, 0.3) is 114 Å². The van der Waals surface area contributed by atoms with Crippen molar-refractivity contribution in [2.24, 2.45) is 0 Å². The summed E-state index contributed by atoms with van der Waals surface area (Å²) >= 11 is 1.79. The molecule has 0 amide bonds. The molecule has 4 aliphatic carbocycles. The molecule has 0 atom stereocenters. The first-order valence-corrected chi connectivity index (χ1v) is 26.2. The number of thiophene rings is 1. The molecule has 0 aliphatic heterocycles. The largest absolute Gasteiger partial charge is 0.242 e. The molecule has 11 aromatic carbocycles. The van der Waals surface area contributed by atoms with Crippen LogP contribution in [0.15, 0.2) is 218 Å². The average molecular weight is 965 g/mol. The molecule has 4 aliphatic rings. The fourth-order valence-electron chi connectivity index (χ4n) is 14.4. The van der Waals surface area contributed by atoms with Crippen molar-refractivity contribution in [2.75, 3.05) is 0 Å². The zero-order chi connectivity index (χ0) is 49.3. The van der Waals surface area contributed by atoms with Gasteiger partial charge in [-0.2, -0.15) is 5.26 Å². The number of nitrogens with zero attached hydrogens (tertiary/aromatic N) is 4. The van der Waals surface area contributed by atoms with Crippen molar-refractivity contribution in [3.8, 4) is 71.5 Å². The van der Waals surface area contributed by atoms with Gasteiger partial charge in [0.05, 0.1) is 49.8 Å². The van der Waals surface area contributed by atoms with E-state index in [9.17, 15) is 5.26 Å². The van der Waals surface area contributed by atoms with Crippen LogP contribution in [0.4, 0.5) is 5.69 Å². The van der Waals surface area contributed by atoms with Gasteiger partial charge in [-0.05, 0) is 118 Å². The summed E-state index contributed by atoms with van der Waals surface area (Å²) in [5.41, 5.74) is 25.7. The van der Waals surface area contributed by atoms with Crippen molar-refractivity contribution in [2.45, 2.75) is 10.8 Å². The highest BCUT2D eigenvalue weighted by molar-refractivity contribution is 7.21. The number of benzene rings is 11. The zero-order valence-corrected chi connectivity index (χ0v) is 40.8. The van der Waals surface area contributed by atoms with E-state index in [2.05, 4.69) is 193 Å². The van der Waals surface area contributed by atoms with Crippen LogP contribution in [-0.2, 0) is 10.8 Å². The van der Waals surface area contributed by atoms with E-state index in [0.717, 1.165) is 64.5 Å². The Morgan fingerprint density at radius 2 is 0.720 bits per heavy atom. The second-order valence-corrected chi connectivity index (χ2v) is 21.3. The minimum absolute atomic E-state index is 0.520. The normalized spacial score (nSPS) is 14.1. The molecule has 2 spiro atoms. The molecular formula is C70H36N4S. The van der Waals surface area contributed by atoms with E-state index in [4.69, 9.17) is 16.5 Å². The number of nitriles is 1. The number of aromatic nitrogens is 2. The highest BCUT2D eigenvalue weighted by atomic mass is 32.1. The lowest BCUT2D eigenvalue weighted by molar-refractivity contribution is 0.794. The van der Waals surface area contributed by atoms with Gasteiger partial charge in [0.2, 0.25) is 0 Å². The van der Waals surface area contributed by atoms with E-state index in [0.29, 0.717) is 11.3 Å². The molecule has 75 heavy (non-hydrogen) atoms. The third kappa shape index (κ3) is 4.86. The standard InChI is InChI=1S/C70H36N4S/c1-72-40-33-35-46-52(37-40)51-36-39(38-71)32-34-45(51)63-64(46)74-66-65(73-63)67(49-22-14-30-59-61(49)47-20-6-12-28-57(47)69(59)53-24-8-2-16-41(53)42-17-3-9-25-54(42)69)75-68(66)50-23-15-31-60-62(50)48-21-7-13-29-58(48)70(60)55-26-10-4-18-43(55)44-19-5-11-27-56(44)70/h2-37H. The fourth-order valence-corrected chi connectivity index (χ4v) is 15.7. The molecule has 0 bridgehead atoms. The highest BCUT2D eigenvalue weighted by Gasteiger charge is 2.54. The van der Waals surface area contributed by atoms with Crippen molar-refractivity contribution >= 4 is 60.6 Å². The zero-order valence-electron chi connectivity index (χ0n) is 40.0. The third-order valence-electron chi connectivity index (χ3n) is 17.1. The van der Waals surface area contributed by atoms with Crippen molar-refractivity contribution in [3.05, 3.63) is 280 Å². The molecule has 0 saturated heterocycles. The maximum absolute atomic E-state index is 10.2. The van der Waals surface area contributed by atoms with Crippen LogP contribution in [0.1, 0.15) is 50.1 Å². The van der Waals surface area contributed by atoms with Crippen molar-refractivity contribution < 1.29 is 0 Å². The predicted molar refractivity (Wildman–Crippen MR) is 304 cm³/mol. The average Bonchev–Trinajstić information content (AvgIpc) is 4.45. The molecule has 0 saturated carbocycles. The first-order chi connectivity index (χ1) is 37.1. The summed E-state index contributed by atoms with van der Waals surface area (Å²) in [4.78, 5) is 17.7. The van der Waals surface area contributed by atoms with Gasteiger partial charge < -0.3 is 0 Å². The van der Waals surface area contributed by atoms with Gasteiger partial charge in [0, 0.05) is 21.9 Å². The molecule has 13 aromatic rings. The fraction of sp³-hybridized carbons (Fsp3) is 0.0286. The number of hydrogen-bond acceptors (Lipinski definition) is 4. The smallest absolute Gasteiger partial charge is 0.187 e. The summed E-state index contributed by atoms with van der Waals surface area (Å²) in [7, 11) is 0. The van der Waals surface area contributed by atoms with Crippen LogP contribution >= 0.6 is 11.3 Å². The lowest BCUT2D eigenvalue weighted by Gasteiger charge is -2.30. The summed E-state index contributed by atoms with van der Waals surface area (Å²) in [5.74, 6) is 0. The van der Waals surface area contributed by atoms with Gasteiger partial charge in [-0.25, -0.2) is 14.8 Å².